The average Bonchev–Trinajstić information content (AvgIpc) is 3.75. The molecule has 4 aliphatic rings. The summed E-state index contributed by atoms with van der Waals surface area (Å²) < 4.78 is 17.7. The summed E-state index contributed by atoms with van der Waals surface area (Å²) in [7, 11) is 1.47. The maximum Gasteiger partial charge on any atom is 0.322 e. The average molecular weight is 654 g/mol. The number of ether oxygens (including phenoxy) is 1. The maximum absolute atomic E-state index is 12.6. The zero-order valence-corrected chi connectivity index (χ0v) is 26.8. The highest BCUT2D eigenvalue weighted by Gasteiger charge is 2.53. The number of rotatable bonds is 7. The second-order valence-corrected chi connectivity index (χ2v) is 14.2. The summed E-state index contributed by atoms with van der Waals surface area (Å²) in [5.41, 5.74) is 20.1. The number of carbonyl (C=O) groups excluding carboxylic acids is 1. The molecule has 3 aromatic heterocycles. The van der Waals surface area contributed by atoms with Gasteiger partial charge in [-0.3, -0.25) is 9.69 Å². The quantitative estimate of drug-likeness (QED) is 0.338. The molecule has 0 radical (unpaired) electrons. The van der Waals surface area contributed by atoms with Crippen LogP contribution in [0.3, 0.4) is 0 Å². The second-order valence-electron chi connectivity index (χ2n) is 11.7. The van der Waals surface area contributed by atoms with Crippen molar-refractivity contribution >= 4 is 51.7 Å². The fraction of sp³-hybridized carbons (Fsp3) is 0.517. The summed E-state index contributed by atoms with van der Waals surface area (Å²) in [6, 6.07) is 6.18. The van der Waals surface area contributed by atoms with E-state index < -0.39 is 18.1 Å². The molecular formula is C29H36FN11O2S2. The van der Waals surface area contributed by atoms with E-state index in [4.69, 9.17) is 21.9 Å². The number of hydrogen-bond acceptors (Lipinski definition) is 14. The van der Waals surface area contributed by atoms with Crippen molar-refractivity contribution in [2.45, 2.75) is 54.9 Å². The van der Waals surface area contributed by atoms with Crippen LogP contribution in [-0.2, 0) is 15.3 Å². The molecule has 13 nitrogen and oxygen atoms in total. The van der Waals surface area contributed by atoms with Gasteiger partial charge in [-0.05, 0) is 38.8 Å². The molecule has 4 aliphatic heterocycles. The predicted molar refractivity (Wildman–Crippen MR) is 173 cm³/mol. The summed E-state index contributed by atoms with van der Waals surface area (Å²) in [4.78, 5) is 36.7. The van der Waals surface area contributed by atoms with Gasteiger partial charge in [0, 0.05) is 53.6 Å². The van der Waals surface area contributed by atoms with Gasteiger partial charge in [0.25, 0.3) is 0 Å². The minimum Gasteiger partial charge on any atom is -0.467 e. The summed E-state index contributed by atoms with van der Waals surface area (Å²) >= 11 is 3.29. The van der Waals surface area contributed by atoms with Crippen LogP contribution in [-0.4, -0.2) is 82.8 Å². The largest absolute Gasteiger partial charge is 0.467 e. The van der Waals surface area contributed by atoms with Crippen molar-refractivity contribution in [2.75, 3.05) is 61.1 Å². The first-order chi connectivity index (χ1) is 21.6. The van der Waals surface area contributed by atoms with E-state index in [-0.39, 0.29) is 23.3 Å². The van der Waals surface area contributed by atoms with E-state index in [1.807, 2.05) is 17.9 Å². The number of hydrogen-bond donors (Lipinski definition) is 3. The molecule has 1 spiro atoms. The number of alkyl halides is 1. The van der Waals surface area contributed by atoms with Crippen LogP contribution in [0.15, 0.2) is 18.3 Å². The lowest BCUT2D eigenvalue weighted by Crippen LogP contribution is -2.57. The number of amides is 1. The number of primary amides is 1. The number of carbonyl (C=O) groups is 1. The Labute approximate surface area is 269 Å². The Hall–Kier alpha value is -3.94. The molecule has 0 aromatic carbocycles. The number of fused-ring (bicyclic) bond motifs is 3. The lowest BCUT2D eigenvalue weighted by atomic mass is 9.88. The number of thiophene rings is 1. The lowest BCUT2D eigenvalue weighted by molar-refractivity contribution is -0.116. The Bertz CT molecular complexity index is 1610. The van der Waals surface area contributed by atoms with Gasteiger partial charge in [-0.25, -0.2) is 9.37 Å². The summed E-state index contributed by atoms with van der Waals surface area (Å²) in [5.74, 6) is 1.23. The number of aromatic nitrogens is 4. The minimum absolute atomic E-state index is 0.106. The van der Waals surface area contributed by atoms with E-state index in [0.29, 0.717) is 53.6 Å². The number of pyridine rings is 1. The molecule has 3 aromatic rings. The number of halogens is 1. The van der Waals surface area contributed by atoms with Crippen molar-refractivity contribution in [1.29, 1.82) is 5.26 Å². The summed E-state index contributed by atoms with van der Waals surface area (Å²) in [5, 5.41) is 10.2. The number of nitriles is 1. The third-order valence-electron chi connectivity index (χ3n) is 8.84. The highest BCUT2D eigenvalue weighted by molar-refractivity contribution is 8.00. The third kappa shape index (κ3) is 5.91. The Morgan fingerprint density at radius 2 is 2.13 bits per heavy atom. The topological polar surface area (TPSA) is 189 Å². The molecule has 1 amide bonds. The first-order valence-corrected chi connectivity index (χ1v) is 16.6. The van der Waals surface area contributed by atoms with Crippen molar-refractivity contribution in [3.8, 4) is 12.1 Å². The summed E-state index contributed by atoms with van der Waals surface area (Å²) in [6.45, 7) is 4.78. The molecule has 0 saturated carbocycles. The zero-order valence-electron chi connectivity index (χ0n) is 25.1. The van der Waals surface area contributed by atoms with Gasteiger partial charge in [-0.15, -0.1) is 23.1 Å². The molecule has 238 valence electrons. The predicted octanol–water partition coefficient (Wildman–Crippen LogP) is 2.58. The SMILES string of the molecule is COc1nc(N2CC3(C2)SCc2sc(N)c(C#N)c23)nc(N(CC(N)=O)C(C)c2cccnc2N)n1.FC1CC2CCCN2C1. The number of nitrogen functional groups attached to an aromatic ring is 2. The molecule has 3 unspecified atom stereocenters. The molecule has 3 atom stereocenters. The number of methoxy groups -OCH3 is 1. The van der Waals surface area contributed by atoms with Crippen molar-refractivity contribution in [3.63, 3.8) is 0 Å². The molecule has 3 fully saturated rings. The van der Waals surface area contributed by atoms with Crippen molar-refractivity contribution in [1.82, 2.24) is 24.8 Å². The van der Waals surface area contributed by atoms with E-state index in [9.17, 15) is 14.4 Å². The molecule has 0 aliphatic carbocycles. The molecule has 7 heterocycles. The van der Waals surface area contributed by atoms with Crippen molar-refractivity contribution in [2.24, 2.45) is 5.73 Å². The molecule has 16 heteroatoms. The van der Waals surface area contributed by atoms with Crippen LogP contribution in [0.2, 0.25) is 0 Å². The molecule has 45 heavy (non-hydrogen) atoms. The molecule has 0 bridgehead atoms. The minimum atomic E-state index is -0.554. The molecule has 3 saturated heterocycles. The normalized spacial score (nSPS) is 21.7. The summed E-state index contributed by atoms with van der Waals surface area (Å²) in [6.07, 6.45) is 4.41. The Morgan fingerprint density at radius 1 is 1.33 bits per heavy atom. The van der Waals surface area contributed by atoms with E-state index in [2.05, 4.69) is 30.9 Å². The van der Waals surface area contributed by atoms with E-state index >= 15 is 0 Å². The van der Waals surface area contributed by atoms with Crippen LogP contribution in [0, 0.1) is 11.3 Å². The van der Waals surface area contributed by atoms with Gasteiger partial charge >= 0.3 is 6.01 Å². The van der Waals surface area contributed by atoms with Crippen LogP contribution in [0.25, 0.3) is 0 Å². The first kappa shape index (κ1) is 31.1. The first-order valence-electron chi connectivity index (χ1n) is 14.8. The van der Waals surface area contributed by atoms with Crippen LogP contribution in [0.1, 0.15) is 53.8 Å². The third-order valence-corrected chi connectivity index (χ3v) is 11.5. The number of nitrogens with two attached hydrogens (primary N) is 3. The van der Waals surface area contributed by atoms with Gasteiger partial charge in [-0.2, -0.15) is 20.2 Å². The van der Waals surface area contributed by atoms with Crippen LogP contribution in [0.4, 0.5) is 27.1 Å². The fourth-order valence-electron chi connectivity index (χ4n) is 6.65. The van der Waals surface area contributed by atoms with Crippen LogP contribution < -0.4 is 31.7 Å². The van der Waals surface area contributed by atoms with E-state index in [1.54, 1.807) is 28.9 Å². The van der Waals surface area contributed by atoms with Gasteiger partial charge in [0.1, 0.15) is 29.6 Å². The van der Waals surface area contributed by atoms with Crippen molar-refractivity contribution in [3.05, 3.63) is 39.9 Å². The van der Waals surface area contributed by atoms with Gasteiger partial charge in [0.2, 0.25) is 17.8 Å². The number of thioether (sulfide) groups is 1. The standard InChI is InChI=1S/C22H24N10O2S2.C7H12FN/c1-11(12-4-3-5-27-17(12)25)32(7-15(24)33)20-28-19(29-21(30-20)34-2)31-9-22(10-31)16-13(6-23)18(26)36-14(16)8-35-22;8-6-4-7-2-1-3-9(7)5-6/h3-5,11H,7-10,26H2,1-2H3,(H2,24,33)(H2,25,27);6-7H,1-5H2. The van der Waals surface area contributed by atoms with E-state index in [0.717, 1.165) is 29.2 Å². The highest BCUT2D eigenvalue weighted by Crippen LogP contribution is 2.57. The van der Waals surface area contributed by atoms with Crippen LogP contribution >= 0.6 is 23.1 Å². The van der Waals surface area contributed by atoms with E-state index in [1.165, 1.54) is 31.3 Å². The smallest absolute Gasteiger partial charge is 0.322 e. The second kappa shape index (κ2) is 12.5. The molecular weight excluding hydrogens is 618 g/mol. The number of anilines is 4. The molecule has 6 N–H and O–H groups in total. The van der Waals surface area contributed by atoms with Crippen molar-refractivity contribution < 1.29 is 13.9 Å². The zero-order chi connectivity index (χ0) is 31.9. The van der Waals surface area contributed by atoms with Gasteiger partial charge in [0.05, 0.1) is 23.5 Å². The van der Waals surface area contributed by atoms with Gasteiger partial charge < -0.3 is 31.7 Å². The monoisotopic (exact) mass is 653 g/mol. The van der Waals surface area contributed by atoms with Crippen LogP contribution in [0.5, 0.6) is 6.01 Å². The Morgan fingerprint density at radius 3 is 2.82 bits per heavy atom. The Balaban J connectivity index is 0.000000337. The van der Waals surface area contributed by atoms with Gasteiger partial charge in [0.15, 0.2) is 0 Å². The molecule has 7 rings (SSSR count). The maximum atomic E-state index is 12.6. The fourth-order valence-corrected chi connectivity index (χ4v) is 9.46. The lowest BCUT2D eigenvalue weighted by Gasteiger charge is -2.47. The number of nitrogens with zero attached hydrogens (tertiary/aromatic N) is 8. The Kier molecular flexibility index (Phi) is 8.59. The van der Waals surface area contributed by atoms with Gasteiger partial charge in [-0.1, -0.05) is 6.07 Å². The highest BCUT2D eigenvalue weighted by atomic mass is 32.2.